The average molecular weight is 430 g/mol. The van der Waals surface area contributed by atoms with Gasteiger partial charge < -0.3 is 24.6 Å². The minimum absolute atomic E-state index is 0.0901. The minimum atomic E-state index is -1.47. The predicted molar refractivity (Wildman–Crippen MR) is 123 cm³/mol. The maximum absolute atomic E-state index is 11.6. The monoisotopic (exact) mass is 429 g/mol. The number of aliphatic hydroxyl groups is 2. The van der Waals surface area contributed by atoms with E-state index in [0.29, 0.717) is 6.42 Å². The third-order valence-corrected chi connectivity index (χ3v) is 6.21. The third kappa shape index (κ3) is 16.1. The van der Waals surface area contributed by atoms with Gasteiger partial charge in [-0.3, -0.25) is 0 Å². The van der Waals surface area contributed by atoms with Crippen LogP contribution in [0.4, 0.5) is 0 Å². The molecule has 0 spiro atoms. The number of aliphatic carboxylic acids is 1. The number of nitrogens with zero attached hydrogens (tertiary/aromatic N) is 1. The molecule has 30 heavy (non-hydrogen) atoms. The van der Waals surface area contributed by atoms with E-state index in [1.54, 1.807) is 0 Å². The summed E-state index contributed by atoms with van der Waals surface area (Å²) in [5.41, 5.74) is 0. The zero-order valence-corrected chi connectivity index (χ0v) is 20.4. The van der Waals surface area contributed by atoms with Crippen molar-refractivity contribution in [1.29, 1.82) is 0 Å². The molecule has 0 aliphatic carbocycles. The Morgan fingerprint density at radius 3 is 1.40 bits per heavy atom. The fraction of sp³-hybridized carbons (Fsp3) is 0.960. The molecular weight excluding hydrogens is 378 g/mol. The van der Waals surface area contributed by atoms with Crippen LogP contribution in [0.3, 0.4) is 0 Å². The van der Waals surface area contributed by atoms with E-state index in [2.05, 4.69) is 6.92 Å². The molecule has 5 nitrogen and oxygen atoms in total. The van der Waals surface area contributed by atoms with Crippen molar-refractivity contribution in [2.75, 3.05) is 21.1 Å². The Morgan fingerprint density at radius 2 is 1.10 bits per heavy atom. The van der Waals surface area contributed by atoms with Gasteiger partial charge in [-0.25, -0.2) is 0 Å². The number of carbonyl (C=O) groups excluding carboxylic acids is 1. The lowest BCUT2D eigenvalue weighted by molar-refractivity contribution is -0.893. The highest BCUT2D eigenvalue weighted by Crippen LogP contribution is 2.25. The number of rotatable bonds is 21. The summed E-state index contributed by atoms with van der Waals surface area (Å²) in [7, 11) is 5.47. The van der Waals surface area contributed by atoms with Gasteiger partial charge in [-0.1, -0.05) is 103 Å². The predicted octanol–water partition coefficient (Wildman–Crippen LogP) is 4.39. The summed E-state index contributed by atoms with van der Waals surface area (Å²) in [4.78, 5) is 11.6. The first-order valence-electron chi connectivity index (χ1n) is 12.6. The van der Waals surface area contributed by atoms with Crippen molar-refractivity contribution in [2.24, 2.45) is 5.92 Å². The number of unbranched alkanes of at least 4 members (excludes halogenated alkanes) is 14. The molecule has 0 saturated carbocycles. The number of hydrogen-bond acceptors (Lipinski definition) is 4. The van der Waals surface area contributed by atoms with Gasteiger partial charge in [0, 0.05) is 12.3 Å². The number of carboxylic acids is 1. The molecule has 0 aliphatic rings. The molecule has 0 aromatic rings. The van der Waals surface area contributed by atoms with Gasteiger partial charge in [0.15, 0.2) is 6.29 Å². The highest BCUT2D eigenvalue weighted by atomic mass is 16.5. The fourth-order valence-electron chi connectivity index (χ4n) is 4.59. The van der Waals surface area contributed by atoms with E-state index < -0.39 is 18.3 Å². The second-order valence-electron chi connectivity index (χ2n) is 10.1. The molecule has 0 rings (SSSR count). The first kappa shape index (κ1) is 29.4. The van der Waals surface area contributed by atoms with Gasteiger partial charge in [-0.15, -0.1) is 0 Å². The zero-order valence-electron chi connectivity index (χ0n) is 20.4. The molecule has 5 heteroatoms. The largest absolute Gasteiger partial charge is 0.544 e. The fourth-order valence-corrected chi connectivity index (χ4v) is 4.59. The average Bonchev–Trinajstić information content (AvgIpc) is 2.62. The second kappa shape index (κ2) is 18.0. The number of carbonyl (C=O) groups is 1. The zero-order chi connectivity index (χ0) is 22.8. The first-order valence-corrected chi connectivity index (χ1v) is 12.6. The molecule has 0 amide bonds. The van der Waals surface area contributed by atoms with Crippen molar-refractivity contribution in [2.45, 2.75) is 128 Å². The lowest BCUT2D eigenvalue weighted by Gasteiger charge is -2.40. The quantitative estimate of drug-likeness (QED) is 0.161. The van der Waals surface area contributed by atoms with E-state index in [1.807, 2.05) is 21.1 Å². The maximum Gasteiger partial charge on any atom is 0.151 e. The number of quaternary nitrogens is 1. The van der Waals surface area contributed by atoms with Crippen LogP contribution in [0, 0.1) is 5.92 Å². The van der Waals surface area contributed by atoms with Gasteiger partial charge in [0.2, 0.25) is 0 Å². The SMILES string of the molecule is CCCCCCCCCCCCCCCCCC(CC(O)O)C(C(=O)[O-])[N+](C)(C)C. The standard InChI is InChI=1S/C25H51NO4/c1-5-6-7-8-9-10-11-12-13-14-15-16-17-18-19-20-22(21-23(27)28)24(25(29)30)26(2,3)4/h22-24,27-28H,5-21H2,1-4H3. The summed E-state index contributed by atoms with van der Waals surface area (Å²) in [5.74, 6) is -1.38. The minimum Gasteiger partial charge on any atom is -0.544 e. The summed E-state index contributed by atoms with van der Waals surface area (Å²) in [6.07, 6.45) is 18.8. The highest BCUT2D eigenvalue weighted by molar-refractivity contribution is 5.70. The Morgan fingerprint density at radius 1 is 0.733 bits per heavy atom. The number of carboxylic acid groups (broad SMARTS) is 1. The van der Waals surface area contributed by atoms with Crippen molar-refractivity contribution < 1.29 is 24.6 Å². The van der Waals surface area contributed by atoms with E-state index in [4.69, 9.17) is 0 Å². The van der Waals surface area contributed by atoms with E-state index in [1.165, 1.54) is 83.5 Å². The Bertz CT molecular complexity index is 406. The molecule has 0 radical (unpaired) electrons. The summed E-state index contributed by atoms with van der Waals surface area (Å²) in [5, 5.41) is 30.4. The lowest BCUT2D eigenvalue weighted by Crippen LogP contribution is -2.58. The van der Waals surface area contributed by atoms with E-state index in [-0.39, 0.29) is 16.8 Å². The van der Waals surface area contributed by atoms with Crippen LogP contribution in [0.1, 0.15) is 116 Å². The van der Waals surface area contributed by atoms with Crippen LogP contribution in [-0.2, 0) is 4.79 Å². The van der Waals surface area contributed by atoms with Gasteiger partial charge in [0.05, 0.1) is 27.1 Å². The van der Waals surface area contributed by atoms with Crippen LogP contribution in [0.2, 0.25) is 0 Å². The van der Waals surface area contributed by atoms with Crippen LogP contribution in [0.5, 0.6) is 0 Å². The smallest absolute Gasteiger partial charge is 0.151 e. The van der Waals surface area contributed by atoms with Crippen molar-refractivity contribution in [1.82, 2.24) is 0 Å². The van der Waals surface area contributed by atoms with E-state index in [9.17, 15) is 20.1 Å². The summed E-state index contributed by atoms with van der Waals surface area (Å²) < 4.78 is 0.235. The Hall–Kier alpha value is -0.650. The van der Waals surface area contributed by atoms with Crippen molar-refractivity contribution >= 4 is 5.97 Å². The van der Waals surface area contributed by atoms with Gasteiger partial charge in [0.1, 0.15) is 6.04 Å². The molecule has 2 atom stereocenters. The highest BCUT2D eigenvalue weighted by Gasteiger charge is 2.34. The molecule has 2 unspecified atom stereocenters. The van der Waals surface area contributed by atoms with Crippen molar-refractivity contribution in [3.8, 4) is 0 Å². The molecule has 0 aromatic heterocycles. The molecule has 0 bridgehead atoms. The van der Waals surface area contributed by atoms with Gasteiger partial charge >= 0.3 is 0 Å². The lowest BCUT2D eigenvalue weighted by atomic mass is 9.88. The number of aliphatic hydroxyl groups excluding tert-OH is 1. The third-order valence-electron chi connectivity index (χ3n) is 6.21. The number of hydrogen-bond donors (Lipinski definition) is 2. The summed E-state index contributed by atoms with van der Waals surface area (Å²) in [6, 6.07) is -0.724. The van der Waals surface area contributed by atoms with Crippen LogP contribution < -0.4 is 5.11 Å². The van der Waals surface area contributed by atoms with Gasteiger partial charge in [-0.05, 0) is 6.42 Å². The van der Waals surface area contributed by atoms with Crippen molar-refractivity contribution in [3.63, 3.8) is 0 Å². The molecule has 2 N–H and O–H groups in total. The second-order valence-corrected chi connectivity index (χ2v) is 10.1. The Balaban J connectivity index is 3.82. The number of likely N-dealkylation sites (N-methyl/N-ethyl adjacent to an activating group) is 1. The normalized spacial score (nSPS) is 14.2. The van der Waals surface area contributed by atoms with Gasteiger partial charge in [-0.2, -0.15) is 0 Å². The Labute approximate surface area is 186 Å². The summed E-state index contributed by atoms with van der Waals surface area (Å²) in [6.45, 7) is 2.26. The topological polar surface area (TPSA) is 80.6 Å². The summed E-state index contributed by atoms with van der Waals surface area (Å²) >= 11 is 0. The van der Waals surface area contributed by atoms with Crippen molar-refractivity contribution in [3.05, 3.63) is 0 Å². The Kier molecular flexibility index (Phi) is 17.6. The van der Waals surface area contributed by atoms with Gasteiger partial charge in [0.25, 0.3) is 0 Å². The van der Waals surface area contributed by atoms with Crippen LogP contribution in [0.15, 0.2) is 0 Å². The molecular formula is C25H51NO4. The van der Waals surface area contributed by atoms with E-state index >= 15 is 0 Å². The molecule has 0 saturated heterocycles. The van der Waals surface area contributed by atoms with E-state index in [0.717, 1.165) is 12.8 Å². The molecule has 0 aliphatic heterocycles. The first-order chi connectivity index (χ1) is 14.2. The molecule has 0 heterocycles. The van der Waals surface area contributed by atoms with Crippen LogP contribution >= 0.6 is 0 Å². The molecule has 180 valence electrons. The molecule has 0 aromatic carbocycles. The molecule has 0 fully saturated rings. The van der Waals surface area contributed by atoms with Crippen LogP contribution in [0.25, 0.3) is 0 Å². The maximum atomic E-state index is 11.6. The van der Waals surface area contributed by atoms with Crippen LogP contribution in [-0.4, -0.2) is 54.1 Å².